The molecule has 8 nitrogen and oxygen atoms in total. The van der Waals surface area contributed by atoms with Gasteiger partial charge in [-0.05, 0) is 25.0 Å². The number of halogens is 2. The van der Waals surface area contributed by atoms with Crippen LogP contribution in [0.25, 0.3) is 17.0 Å². The van der Waals surface area contributed by atoms with Crippen molar-refractivity contribution in [1.82, 2.24) is 24.6 Å². The van der Waals surface area contributed by atoms with Crippen molar-refractivity contribution in [2.24, 2.45) is 0 Å². The Balaban J connectivity index is 1.70. The molecule has 11 heteroatoms. The molecule has 1 aliphatic rings. The van der Waals surface area contributed by atoms with Crippen LogP contribution in [0.15, 0.2) is 30.7 Å². The zero-order valence-corrected chi connectivity index (χ0v) is 15.9. The first-order chi connectivity index (χ1) is 13.3. The van der Waals surface area contributed by atoms with Crippen LogP contribution >= 0.6 is 0 Å². The summed E-state index contributed by atoms with van der Waals surface area (Å²) in [6.07, 6.45) is 2.80. The summed E-state index contributed by atoms with van der Waals surface area (Å²) >= 11 is 0. The zero-order valence-electron chi connectivity index (χ0n) is 15.0. The van der Waals surface area contributed by atoms with Crippen LogP contribution in [0.4, 0.5) is 14.6 Å². The van der Waals surface area contributed by atoms with Crippen LogP contribution < -0.4 is 4.90 Å². The standard InChI is InChI=1S/C17H18F2N6O2S/c1-28(26,27)11-3-2-6-24(9-11)16-7-13(21-10-22-16)14-8-20-15-5-4-12(17(18)19)23-25(14)15/h4-5,7-8,10-11,17H,2-3,6,9H2,1H3. The zero-order chi connectivity index (χ0) is 19.9. The van der Waals surface area contributed by atoms with Crippen LogP contribution in [0.3, 0.4) is 0 Å². The number of rotatable bonds is 4. The molecular formula is C17H18F2N6O2S. The molecule has 0 aliphatic carbocycles. The number of nitrogens with zero attached hydrogens (tertiary/aromatic N) is 6. The van der Waals surface area contributed by atoms with E-state index in [0.29, 0.717) is 42.4 Å². The lowest BCUT2D eigenvalue weighted by Gasteiger charge is -2.32. The Morgan fingerprint density at radius 3 is 2.79 bits per heavy atom. The van der Waals surface area contributed by atoms with E-state index in [2.05, 4.69) is 20.1 Å². The molecule has 3 aromatic heterocycles. The molecule has 3 aromatic rings. The van der Waals surface area contributed by atoms with Crippen LogP contribution in [0.5, 0.6) is 0 Å². The maximum absolute atomic E-state index is 13.0. The molecule has 0 bridgehead atoms. The predicted molar refractivity (Wildman–Crippen MR) is 99.0 cm³/mol. The van der Waals surface area contributed by atoms with Gasteiger partial charge in [0.05, 0.1) is 17.1 Å². The minimum atomic E-state index is -3.14. The summed E-state index contributed by atoms with van der Waals surface area (Å²) in [5.41, 5.74) is 0.999. The third-order valence-electron chi connectivity index (χ3n) is 4.83. The van der Waals surface area contributed by atoms with Gasteiger partial charge in [-0.1, -0.05) is 0 Å². The number of sulfone groups is 1. The van der Waals surface area contributed by atoms with Gasteiger partial charge in [0.15, 0.2) is 15.5 Å². The summed E-state index contributed by atoms with van der Waals surface area (Å²) in [5, 5.41) is 3.51. The second kappa shape index (κ2) is 7.04. The highest BCUT2D eigenvalue weighted by Gasteiger charge is 2.28. The van der Waals surface area contributed by atoms with Gasteiger partial charge in [0.1, 0.15) is 23.5 Å². The molecule has 28 heavy (non-hydrogen) atoms. The van der Waals surface area contributed by atoms with Crippen molar-refractivity contribution in [3.63, 3.8) is 0 Å². The Bertz CT molecular complexity index is 1120. The number of alkyl halides is 2. The van der Waals surface area contributed by atoms with Gasteiger partial charge < -0.3 is 4.90 Å². The lowest BCUT2D eigenvalue weighted by Crippen LogP contribution is -2.42. The highest BCUT2D eigenvalue weighted by Crippen LogP contribution is 2.26. The average molecular weight is 408 g/mol. The summed E-state index contributed by atoms with van der Waals surface area (Å²) in [7, 11) is -3.14. The maximum Gasteiger partial charge on any atom is 0.282 e. The lowest BCUT2D eigenvalue weighted by atomic mass is 10.1. The molecule has 0 spiro atoms. The lowest BCUT2D eigenvalue weighted by molar-refractivity contribution is 0.144. The molecule has 0 N–H and O–H groups in total. The van der Waals surface area contributed by atoms with Crippen molar-refractivity contribution in [3.8, 4) is 11.4 Å². The number of piperidine rings is 1. The summed E-state index contributed by atoms with van der Waals surface area (Å²) in [4.78, 5) is 14.6. The maximum atomic E-state index is 13.0. The first-order valence-electron chi connectivity index (χ1n) is 8.72. The van der Waals surface area contributed by atoms with Crippen molar-refractivity contribution < 1.29 is 17.2 Å². The fraction of sp³-hybridized carbons (Fsp3) is 0.412. The Labute approximate surface area is 160 Å². The van der Waals surface area contributed by atoms with Crippen LogP contribution in [-0.4, -0.2) is 57.6 Å². The van der Waals surface area contributed by atoms with Crippen LogP contribution in [0, 0.1) is 0 Å². The molecule has 4 rings (SSSR count). The fourth-order valence-corrected chi connectivity index (χ4v) is 4.38. The number of hydrogen-bond donors (Lipinski definition) is 0. The normalized spacial score (nSPS) is 18.1. The average Bonchev–Trinajstić information content (AvgIpc) is 3.11. The van der Waals surface area contributed by atoms with E-state index >= 15 is 0 Å². The Morgan fingerprint density at radius 1 is 1.21 bits per heavy atom. The van der Waals surface area contributed by atoms with Gasteiger partial charge in [-0.25, -0.2) is 36.7 Å². The van der Waals surface area contributed by atoms with Crippen LogP contribution in [0.1, 0.15) is 25.0 Å². The molecule has 4 heterocycles. The molecule has 1 unspecified atom stereocenters. The number of imidazole rings is 1. The van der Waals surface area contributed by atoms with Crippen molar-refractivity contribution >= 4 is 21.3 Å². The van der Waals surface area contributed by atoms with Gasteiger partial charge >= 0.3 is 0 Å². The molecule has 0 amide bonds. The molecule has 1 atom stereocenters. The number of fused-ring (bicyclic) bond motifs is 1. The fourth-order valence-electron chi connectivity index (χ4n) is 3.33. The summed E-state index contributed by atoms with van der Waals surface area (Å²) in [6.45, 7) is 1.04. The van der Waals surface area contributed by atoms with E-state index in [9.17, 15) is 17.2 Å². The third kappa shape index (κ3) is 3.53. The summed E-state index contributed by atoms with van der Waals surface area (Å²) in [5.74, 6) is 0.582. The van der Waals surface area contributed by atoms with E-state index in [1.807, 2.05) is 4.90 Å². The summed E-state index contributed by atoms with van der Waals surface area (Å²) < 4.78 is 51.1. The largest absolute Gasteiger partial charge is 0.355 e. The second-order valence-electron chi connectivity index (χ2n) is 6.77. The molecule has 1 aliphatic heterocycles. The number of anilines is 1. The molecule has 0 aromatic carbocycles. The van der Waals surface area contributed by atoms with E-state index in [1.165, 1.54) is 35.4 Å². The van der Waals surface area contributed by atoms with Gasteiger partial charge in [0, 0.05) is 25.4 Å². The predicted octanol–water partition coefficient (Wildman–Crippen LogP) is 2.14. The Morgan fingerprint density at radius 2 is 2.04 bits per heavy atom. The quantitative estimate of drug-likeness (QED) is 0.653. The van der Waals surface area contributed by atoms with Gasteiger partial charge in [0.25, 0.3) is 6.43 Å². The van der Waals surface area contributed by atoms with Crippen molar-refractivity contribution in [2.75, 3.05) is 24.2 Å². The minimum Gasteiger partial charge on any atom is -0.355 e. The van der Waals surface area contributed by atoms with E-state index in [0.717, 1.165) is 6.42 Å². The van der Waals surface area contributed by atoms with E-state index < -0.39 is 21.5 Å². The molecule has 1 fully saturated rings. The topological polar surface area (TPSA) is 93.4 Å². The minimum absolute atomic E-state index is 0.354. The third-order valence-corrected chi connectivity index (χ3v) is 6.43. The van der Waals surface area contributed by atoms with E-state index in [1.54, 1.807) is 6.07 Å². The summed E-state index contributed by atoms with van der Waals surface area (Å²) in [6, 6.07) is 4.41. The molecule has 0 saturated carbocycles. The monoisotopic (exact) mass is 408 g/mol. The smallest absolute Gasteiger partial charge is 0.282 e. The highest BCUT2D eigenvalue weighted by atomic mass is 32.2. The molecule has 1 saturated heterocycles. The Hall–Kier alpha value is -2.69. The van der Waals surface area contributed by atoms with Crippen molar-refractivity contribution in [2.45, 2.75) is 24.5 Å². The van der Waals surface area contributed by atoms with E-state index in [-0.39, 0.29) is 5.69 Å². The molecule has 0 radical (unpaired) electrons. The van der Waals surface area contributed by atoms with Crippen molar-refractivity contribution in [1.29, 1.82) is 0 Å². The first-order valence-corrected chi connectivity index (χ1v) is 10.7. The highest BCUT2D eigenvalue weighted by molar-refractivity contribution is 7.91. The van der Waals surface area contributed by atoms with Gasteiger partial charge in [0.2, 0.25) is 0 Å². The second-order valence-corrected chi connectivity index (χ2v) is 9.10. The van der Waals surface area contributed by atoms with E-state index in [4.69, 9.17) is 0 Å². The van der Waals surface area contributed by atoms with Gasteiger partial charge in [-0.3, -0.25) is 0 Å². The first kappa shape index (κ1) is 18.7. The van der Waals surface area contributed by atoms with Crippen molar-refractivity contribution in [3.05, 3.63) is 36.4 Å². The van der Waals surface area contributed by atoms with Crippen LogP contribution in [0.2, 0.25) is 0 Å². The van der Waals surface area contributed by atoms with Gasteiger partial charge in [-0.15, -0.1) is 0 Å². The number of aromatic nitrogens is 5. The molecule has 148 valence electrons. The SMILES string of the molecule is CS(=O)(=O)C1CCCN(c2cc(-c3cnc4ccc(C(F)F)nn34)ncn2)C1. The Kier molecular flexibility index (Phi) is 4.69. The van der Waals surface area contributed by atoms with Crippen LogP contribution in [-0.2, 0) is 9.84 Å². The molecular weight excluding hydrogens is 390 g/mol. The van der Waals surface area contributed by atoms with Gasteiger partial charge in [-0.2, -0.15) is 5.10 Å². The number of hydrogen-bond acceptors (Lipinski definition) is 7.